The molecule has 0 saturated carbocycles. The average molecular weight is 149 g/mol. The summed E-state index contributed by atoms with van der Waals surface area (Å²) in [4.78, 5) is 0. The van der Waals surface area contributed by atoms with E-state index in [0.29, 0.717) is 0 Å². The lowest BCUT2D eigenvalue weighted by molar-refractivity contribution is 0.644. The van der Waals surface area contributed by atoms with Crippen LogP contribution in [0.2, 0.25) is 0 Å². The molecule has 11 heavy (non-hydrogen) atoms. The second kappa shape index (κ2) is 4.73. The molecule has 1 nitrogen and oxygen atoms in total. The van der Waals surface area contributed by atoms with Gasteiger partial charge >= 0.3 is 0 Å². The Bertz CT molecular complexity index is 191. The number of allylic oxidation sites excluding steroid dienone is 4. The van der Waals surface area contributed by atoms with Crippen LogP contribution in [0.1, 0.15) is 27.2 Å². The first kappa shape index (κ1) is 9.97. The Labute approximate surface area is 69.0 Å². The molecule has 0 aromatic heterocycles. The van der Waals surface area contributed by atoms with Crippen LogP contribution in [-0.2, 0) is 0 Å². The first-order valence-electron chi connectivity index (χ1n) is 3.88. The van der Waals surface area contributed by atoms with Crippen LogP contribution >= 0.6 is 0 Å². The van der Waals surface area contributed by atoms with Crippen LogP contribution in [0, 0.1) is 16.7 Å². The standard InChI is InChI=1S/C10H15N/c1-4-5-6-7-8-10(2,3)9-11/h5-8H,4H2,1-3H3/b6-5-,8-7-. The van der Waals surface area contributed by atoms with Gasteiger partial charge < -0.3 is 0 Å². The zero-order valence-electron chi connectivity index (χ0n) is 7.46. The maximum Gasteiger partial charge on any atom is 0.0725 e. The topological polar surface area (TPSA) is 23.8 Å². The number of hydrogen-bond donors (Lipinski definition) is 0. The lowest BCUT2D eigenvalue weighted by atomic mass is 9.95. The molecule has 0 saturated heterocycles. The molecule has 0 unspecified atom stereocenters. The lowest BCUT2D eigenvalue weighted by Gasteiger charge is -2.05. The Balaban J connectivity index is 3.95. The lowest BCUT2D eigenvalue weighted by Crippen LogP contribution is -2.01. The number of hydrogen-bond acceptors (Lipinski definition) is 1. The van der Waals surface area contributed by atoms with Gasteiger partial charge in [-0.05, 0) is 20.3 Å². The fourth-order valence-corrected chi connectivity index (χ4v) is 0.548. The number of rotatable bonds is 3. The molecular weight excluding hydrogens is 134 g/mol. The van der Waals surface area contributed by atoms with E-state index in [1.165, 1.54) is 0 Å². The molecule has 0 bridgehead atoms. The summed E-state index contributed by atoms with van der Waals surface area (Å²) in [5.41, 5.74) is -0.335. The maximum atomic E-state index is 8.63. The van der Waals surface area contributed by atoms with Gasteiger partial charge in [-0.1, -0.05) is 31.2 Å². The summed E-state index contributed by atoms with van der Waals surface area (Å²) in [7, 11) is 0. The van der Waals surface area contributed by atoms with Gasteiger partial charge in [-0.3, -0.25) is 0 Å². The summed E-state index contributed by atoms with van der Waals surface area (Å²) in [6.07, 6.45) is 8.90. The molecule has 0 radical (unpaired) electrons. The Kier molecular flexibility index (Phi) is 4.29. The third-order valence-electron chi connectivity index (χ3n) is 1.28. The van der Waals surface area contributed by atoms with Gasteiger partial charge in [0.1, 0.15) is 0 Å². The second-order valence-electron chi connectivity index (χ2n) is 3.03. The van der Waals surface area contributed by atoms with Crippen molar-refractivity contribution in [1.82, 2.24) is 0 Å². The van der Waals surface area contributed by atoms with Gasteiger partial charge in [0.2, 0.25) is 0 Å². The molecule has 0 aliphatic carbocycles. The van der Waals surface area contributed by atoms with Crippen LogP contribution in [0.15, 0.2) is 24.3 Å². The van der Waals surface area contributed by atoms with Crippen molar-refractivity contribution in [1.29, 1.82) is 5.26 Å². The fraction of sp³-hybridized carbons (Fsp3) is 0.500. The van der Waals surface area contributed by atoms with Crippen molar-refractivity contribution in [3.8, 4) is 6.07 Å². The summed E-state index contributed by atoms with van der Waals surface area (Å²) in [6.45, 7) is 5.87. The Hall–Kier alpha value is -1.03. The van der Waals surface area contributed by atoms with E-state index in [-0.39, 0.29) is 5.41 Å². The summed E-state index contributed by atoms with van der Waals surface area (Å²) >= 11 is 0. The van der Waals surface area contributed by atoms with E-state index in [0.717, 1.165) is 6.42 Å². The molecule has 0 aliphatic rings. The molecule has 0 rings (SSSR count). The molecule has 0 heterocycles. The van der Waals surface area contributed by atoms with Gasteiger partial charge in [0.05, 0.1) is 11.5 Å². The van der Waals surface area contributed by atoms with E-state index in [9.17, 15) is 0 Å². The molecule has 0 aromatic carbocycles. The summed E-state index contributed by atoms with van der Waals surface area (Å²) in [5, 5.41) is 8.63. The van der Waals surface area contributed by atoms with E-state index < -0.39 is 0 Å². The minimum absolute atomic E-state index is 0.335. The van der Waals surface area contributed by atoms with Crippen molar-refractivity contribution in [3.05, 3.63) is 24.3 Å². The Morgan fingerprint density at radius 3 is 2.45 bits per heavy atom. The predicted octanol–water partition coefficient (Wildman–Crippen LogP) is 3.06. The van der Waals surface area contributed by atoms with Crippen molar-refractivity contribution in [3.63, 3.8) is 0 Å². The quantitative estimate of drug-likeness (QED) is 0.566. The molecule has 0 N–H and O–H groups in total. The summed E-state index contributed by atoms with van der Waals surface area (Å²) in [6, 6.07) is 2.20. The van der Waals surface area contributed by atoms with Crippen LogP contribution in [0.3, 0.4) is 0 Å². The first-order chi connectivity index (χ1) is 5.12. The smallest absolute Gasteiger partial charge is 0.0725 e. The summed E-state index contributed by atoms with van der Waals surface area (Å²) in [5.74, 6) is 0. The van der Waals surface area contributed by atoms with Crippen LogP contribution < -0.4 is 0 Å². The molecule has 0 fully saturated rings. The zero-order valence-corrected chi connectivity index (χ0v) is 7.46. The molecular formula is C10H15N. The molecule has 0 aliphatic heterocycles. The van der Waals surface area contributed by atoms with Gasteiger partial charge in [0.15, 0.2) is 0 Å². The van der Waals surface area contributed by atoms with Crippen LogP contribution in [0.25, 0.3) is 0 Å². The monoisotopic (exact) mass is 149 g/mol. The van der Waals surface area contributed by atoms with Crippen molar-refractivity contribution in [2.24, 2.45) is 5.41 Å². The van der Waals surface area contributed by atoms with Crippen molar-refractivity contribution < 1.29 is 0 Å². The van der Waals surface area contributed by atoms with Crippen LogP contribution in [0.4, 0.5) is 0 Å². The third kappa shape index (κ3) is 5.42. The highest BCUT2D eigenvalue weighted by atomic mass is 14.3. The number of nitrogens with zero attached hydrogens (tertiary/aromatic N) is 1. The maximum absolute atomic E-state index is 8.63. The Morgan fingerprint density at radius 1 is 1.36 bits per heavy atom. The average Bonchev–Trinajstić information content (AvgIpc) is 1.99. The van der Waals surface area contributed by atoms with Crippen molar-refractivity contribution >= 4 is 0 Å². The van der Waals surface area contributed by atoms with Crippen LogP contribution in [0.5, 0.6) is 0 Å². The predicted molar refractivity (Wildman–Crippen MR) is 48.0 cm³/mol. The highest BCUT2D eigenvalue weighted by Crippen LogP contribution is 2.14. The summed E-state index contributed by atoms with van der Waals surface area (Å²) < 4.78 is 0. The normalized spacial score (nSPS) is 12.5. The minimum atomic E-state index is -0.335. The van der Waals surface area contributed by atoms with Gasteiger partial charge in [-0.25, -0.2) is 0 Å². The minimum Gasteiger partial charge on any atom is -0.197 e. The molecule has 0 spiro atoms. The SMILES string of the molecule is CC/C=C\C=C/C(C)(C)C#N. The second-order valence-corrected chi connectivity index (χ2v) is 3.03. The van der Waals surface area contributed by atoms with Crippen LogP contribution in [-0.4, -0.2) is 0 Å². The third-order valence-corrected chi connectivity index (χ3v) is 1.28. The van der Waals surface area contributed by atoms with Crippen molar-refractivity contribution in [2.75, 3.05) is 0 Å². The van der Waals surface area contributed by atoms with E-state index in [2.05, 4.69) is 19.1 Å². The van der Waals surface area contributed by atoms with E-state index >= 15 is 0 Å². The zero-order chi connectivity index (χ0) is 8.74. The van der Waals surface area contributed by atoms with Gasteiger partial charge in [0, 0.05) is 0 Å². The highest BCUT2D eigenvalue weighted by molar-refractivity contribution is 5.13. The molecule has 1 heteroatoms. The van der Waals surface area contributed by atoms with Gasteiger partial charge in [-0.2, -0.15) is 5.26 Å². The van der Waals surface area contributed by atoms with E-state index in [1.807, 2.05) is 32.1 Å². The van der Waals surface area contributed by atoms with E-state index in [4.69, 9.17) is 5.26 Å². The van der Waals surface area contributed by atoms with Crippen molar-refractivity contribution in [2.45, 2.75) is 27.2 Å². The van der Waals surface area contributed by atoms with Gasteiger partial charge in [-0.15, -0.1) is 0 Å². The molecule has 60 valence electrons. The molecule has 0 amide bonds. The molecule has 0 atom stereocenters. The molecule has 0 aromatic rings. The van der Waals surface area contributed by atoms with E-state index in [1.54, 1.807) is 0 Å². The fourth-order valence-electron chi connectivity index (χ4n) is 0.548. The Morgan fingerprint density at radius 2 is 2.00 bits per heavy atom. The largest absolute Gasteiger partial charge is 0.197 e. The highest BCUT2D eigenvalue weighted by Gasteiger charge is 2.09. The number of nitriles is 1. The first-order valence-corrected chi connectivity index (χ1v) is 3.88. The van der Waals surface area contributed by atoms with Gasteiger partial charge in [0.25, 0.3) is 0 Å².